The molecule has 0 spiro atoms. The number of rotatable bonds is 4. The van der Waals surface area contributed by atoms with E-state index in [0.29, 0.717) is 17.2 Å². The van der Waals surface area contributed by atoms with Crippen LogP contribution in [-0.4, -0.2) is 22.0 Å². The van der Waals surface area contributed by atoms with Crippen LogP contribution in [0.3, 0.4) is 0 Å². The summed E-state index contributed by atoms with van der Waals surface area (Å²) in [6, 6.07) is 7.99. The highest BCUT2D eigenvalue weighted by Gasteiger charge is 2.17. The summed E-state index contributed by atoms with van der Waals surface area (Å²) in [6.45, 7) is 2.42. The number of carbonyl (C=O) groups is 1. The van der Waals surface area contributed by atoms with E-state index < -0.39 is 16.7 Å². The molecule has 0 bridgehead atoms. The van der Waals surface area contributed by atoms with Crippen LogP contribution < -0.4 is 9.54 Å². The van der Waals surface area contributed by atoms with Crippen molar-refractivity contribution in [3.8, 4) is 5.75 Å². The molecule has 9 heteroatoms. The lowest BCUT2D eigenvalue weighted by Crippen LogP contribution is -2.13. The van der Waals surface area contributed by atoms with Crippen LogP contribution in [0.2, 0.25) is 0 Å². The lowest BCUT2D eigenvalue weighted by molar-refractivity contribution is -0.402. The van der Waals surface area contributed by atoms with E-state index in [4.69, 9.17) is 9.15 Å². The summed E-state index contributed by atoms with van der Waals surface area (Å²) in [5, 5.41) is 10.6. The monoisotopic (exact) mass is 347 g/mol. The quantitative estimate of drug-likeness (QED) is 0.533. The first-order chi connectivity index (χ1) is 11.5. The van der Waals surface area contributed by atoms with E-state index in [1.165, 1.54) is 17.4 Å². The maximum absolute atomic E-state index is 12.2. The molecule has 0 aliphatic rings. The fourth-order valence-electron chi connectivity index (χ4n) is 2.23. The maximum atomic E-state index is 12.2. The fourth-order valence-corrected chi connectivity index (χ4v) is 3.26. The molecule has 1 aromatic carbocycles. The van der Waals surface area contributed by atoms with Gasteiger partial charge < -0.3 is 13.7 Å². The zero-order valence-corrected chi connectivity index (χ0v) is 13.7. The van der Waals surface area contributed by atoms with Crippen LogP contribution in [-0.2, 0) is 7.05 Å². The molecule has 1 amide bonds. The van der Waals surface area contributed by atoms with E-state index in [1.807, 2.05) is 25.1 Å². The number of ether oxygens (including phenoxy) is 1. The van der Waals surface area contributed by atoms with E-state index in [9.17, 15) is 14.9 Å². The number of aryl methyl sites for hydroxylation is 1. The number of amides is 1. The standard InChI is InChI=1S/C15H13N3O5S/c1-3-22-9-5-4-6-11-13(9)17(2)15(24-11)16-14(19)10-7-8-12(23-10)18(20)21/h4-8H,3H2,1-2H3. The first-order valence-electron chi connectivity index (χ1n) is 7.06. The van der Waals surface area contributed by atoms with E-state index >= 15 is 0 Å². The highest BCUT2D eigenvalue weighted by molar-refractivity contribution is 7.16. The van der Waals surface area contributed by atoms with Crippen LogP contribution in [0, 0.1) is 10.1 Å². The number of thiazole rings is 1. The zero-order valence-electron chi connectivity index (χ0n) is 12.9. The molecule has 2 heterocycles. The summed E-state index contributed by atoms with van der Waals surface area (Å²) in [5.41, 5.74) is 0.835. The molecule has 0 atom stereocenters. The molecule has 0 aliphatic heterocycles. The first kappa shape index (κ1) is 15.9. The molecule has 0 radical (unpaired) electrons. The summed E-state index contributed by atoms with van der Waals surface area (Å²) in [6.07, 6.45) is 0. The van der Waals surface area contributed by atoms with Gasteiger partial charge in [-0.1, -0.05) is 17.4 Å². The summed E-state index contributed by atoms with van der Waals surface area (Å²) < 4.78 is 13.1. The number of aromatic nitrogens is 1. The molecule has 0 saturated heterocycles. The van der Waals surface area contributed by atoms with Crippen molar-refractivity contribution >= 4 is 33.3 Å². The van der Waals surface area contributed by atoms with Gasteiger partial charge in [0.15, 0.2) is 4.80 Å². The topological polar surface area (TPSA) is 99.9 Å². The van der Waals surface area contributed by atoms with E-state index in [0.717, 1.165) is 16.3 Å². The van der Waals surface area contributed by atoms with Gasteiger partial charge in [0.2, 0.25) is 5.76 Å². The van der Waals surface area contributed by atoms with E-state index in [-0.39, 0.29) is 5.76 Å². The van der Waals surface area contributed by atoms with Crippen LogP contribution in [0.1, 0.15) is 17.5 Å². The van der Waals surface area contributed by atoms with Gasteiger partial charge in [0.05, 0.1) is 17.4 Å². The number of benzene rings is 1. The van der Waals surface area contributed by atoms with Crippen LogP contribution in [0.15, 0.2) is 39.7 Å². The second-order valence-corrected chi connectivity index (χ2v) is 5.80. The van der Waals surface area contributed by atoms with Crippen molar-refractivity contribution in [3.05, 3.63) is 51.0 Å². The fraction of sp³-hybridized carbons (Fsp3) is 0.200. The summed E-state index contributed by atoms with van der Waals surface area (Å²) in [4.78, 5) is 26.5. The number of nitrogens with zero attached hydrogens (tertiary/aromatic N) is 3. The minimum Gasteiger partial charge on any atom is -0.492 e. The summed E-state index contributed by atoms with van der Waals surface area (Å²) >= 11 is 1.32. The zero-order chi connectivity index (χ0) is 17.3. The first-order valence-corrected chi connectivity index (χ1v) is 7.87. The third-order valence-corrected chi connectivity index (χ3v) is 4.36. The van der Waals surface area contributed by atoms with Crippen molar-refractivity contribution in [2.24, 2.45) is 12.0 Å². The highest BCUT2D eigenvalue weighted by atomic mass is 32.1. The van der Waals surface area contributed by atoms with Crippen molar-refractivity contribution in [1.29, 1.82) is 0 Å². The molecule has 3 rings (SSSR count). The molecular formula is C15H13N3O5S. The molecule has 0 fully saturated rings. The van der Waals surface area contributed by atoms with Gasteiger partial charge in [-0.25, -0.2) is 0 Å². The van der Waals surface area contributed by atoms with Gasteiger partial charge in [-0.2, -0.15) is 4.99 Å². The Labute approximate surface area is 139 Å². The maximum Gasteiger partial charge on any atom is 0.433 e. The number of furan rings is 1. The minimum atomic E-state index is -0.704. The molecule has 8 nitrogen and oxygen atoms in total. The Kier molecular flexibility index (Phi) is 4.17. The molecule has 2 aromatic heterocycles. The van der Waals surface area contributed by atoms with Crippen molar-refractivity contribution in [1.82, 2.24) is 4.57 Å². The van der Waals surface area contributed by atoms with Gasteiger partial charge >= 0.3 is 11.8 Å². The number of hydrogen-bond donors (Lipinski definition) is 0. The number of para-hydroxylation sites is 1. The SMILES string of the molecule is CCOc1cccc2sc(=NC(=O)c3ccc([N+](=O)[O-])o3)n(C)c12. The van der Waals surface area contributed by atoms with Crippen molar-refractivity contribution in [3.63, 3.8) is 0 Å². The van der Waals surface area contributed by atoms with Crippen molar-refractivity contribution in [2.75, 3.05) is 6.61 Å². The normalized spacial score (nSPS) is 11.8. The number of hydrogen-bond acceptors (Lipinski definition) is 6. The molecular weight excluding hydrogens is 334 g/mol. The molecule has 0 N–H and O–H groups in total. The van der Waals surface area contributed by atoms with E-state index in [1.54, 1.807) is 11.6 Å². The second kappa shape index (κ2) is 6.28. The van der Waals surface area contributed by atoms with Crippen molar-refractivity contribution in [2.45, 2.75) is 6.92 Å². The summed E-state index contributed by atoms with van der Waals surface area (Å²) in [5.74, 6) is -0.642. The summed E-state index contributed by atoms with van der Waals surface area (Å²) in [7, 11) is 1.78. The Morgan fingerprint density at radius 1 is 1.42 bits per heavy atom. The molecule has 124 valence electrons. The number of carbonyl (C=O) groups excluding carboxylic acids is 1. The third-order valence-electron chi connectivity index (χ3n) is 3.27. The minimum absolute atomic E-state index is 0.177. The predicted molar refractivity (Wildman–Crippen MR) is 87.2 cm³/mol. The molecule has 0 saturated carbocycles. The Balaban J connectivity index is 2.06. The average molecular weight is 347 g/mol. The third kappa shape index (κ3) is 2.81. The Hall–Kier alpha value is -2.94. The van der Waals surface area contributed by atoms with Gasteiger partial charge in [0.25, 0.3) is 0 Å². The van der Waals surface area contributed by atoms with Crippen LogP contribution >= 0.6 is 11.3 Å². The Morgan fingerprint density at radius 3 is 2.88 bits per heavy atom. The second-order valence-electron chi connectivity index (χ2n) is 4.79. The lowest BCUT2D eigenvalue weighted by atomic mass is 10.3. The number of fused-ring (bicyclic) bond motifs is 1. The van der Waals surface area contributed by atoms with Gasteiger partial charge in [0, 0.05) is 7.05 Å². The molecule has 0 unspecified atom stereocenters. The van der Waals surface area contributed by atoms with Crippen LogP contribution in [0.4, 0.5) is 5.88 Å². The Bertz CT molecular complexity index is 998. The molecule has 24 heavy (non-hydrogen) atoms. The predicted octanol–water partition coefficient (Wildman–Crippen LogP) is 2.88. The van der Waals surface area contributed by atoms with Gasteiger partial charge in [-0.05, 0) is 25.1 Å². The lowest BCUT2D eigenvalue weighted by Gasteiger charge is -2.05. The van der Waals surface area contributed by atoms with Crippen LogP contribution in [0.5, 0.6) is 5.75 Å². The molecule has 3 aromatic rings. The molecule has 0 aliphatic carbocycles. The largest absolute Gasteiger partial charge is 0.492 e. The average Bonchev–Trinajstić information content (AvgIpc) is 3.15. The van der Waals surface area contributed by atoms with Gasteiger partial charge in [-0.3, -0.25) is 14.9 Å². The smallest absolute Gasteiger partial charge is 0.433 e. The van der Waals surface area contributed by atoms with Gasteiger partial charge in [-0.15, -0.1) is 0 Å². The van der Waals surface area contributed by atoms with Crippen LogP contribution in [0.25, 0.3) is 10.2 Å². The number of nitro groups is 1. The highest BCUT2D eigenvalue weighted by Crippen LogP contribution is 2.27. The van der Waals surface area contributed by atoms with Gasteiger partial charge in [0.1, 0.15) is 16.2 Å². The van der Waals surface area contributed by atoms with Crippen molar-refractivity contribution < 1.29 is 18.9 Å². The van der Waals surface area contributed by atoms with E-state index in [2.05, 4.69) is 4.99 Å². The Morgan fingerprint density at radius 2 is 2.21 bits per heavy atom.